The van der Waals surface area contributed by atoms with Gasteiger partial charge in [0.05, 0.1) is 5.60 Å². The van der Waals surface area contributed by atoms with Gasteiger partial charge in [-0.15, -0.1) is 0 Å². The predicted octanol–water partition coefficient (Wildman–Crippen LogP) is 4.78. The predicted molar refractivity (Wildman–Crippen MR) is 90.6 cm³/mol. The van der Waals surface area contributed by atoms with Gasteiger partial charge in [0.15, 0.2) is 0 Å². The Balaban J connectivity index is 1.91. The molecule has 1 aliphatic carbocycles. The molecule has 21 heavy (non-hydrogen) atoms. The molecule has 1 aliphatic heterocycles. The molecule has 1 N–H and O–H groups in total. The Labute approximate surface area is 132 Å². The lowest BCUT2D eigenvalue weighted by Gasteiger charge is -2.49. The van der Waals surface area contributed by atoms with Gasteiger partial charge in [0, 0.05) is 12.6 Å². The Morgan fingerprint density at radius 2 is 2.00 bits per heavy atom. The van der Waals surface area contributed by atoms with Gasteiger partial charge in [0.1, 0.15) is 0 Å². The van der Waals surface area contributed by atoms with Crippen molar-refractivity contribution in [2.45, 2.75) is 91.2 Å². The van der Waals surface area contributed by atoms with E-state index in [-0.39, 0.29) is 5.60 Å². The molecule has 124 valence electrons. The first-order chi connectivity index (χ1) is 9.84. The second-order valence-electron chi connectivity index (χ2n) is 8.91. The van der Waals surface area contributed by atoms with Crippen molar-refractivity contribution in [3.05, 3.63) is 0 Å². The zero-order valence-electron chi connectivity index (χ0n) is 15.0. The Morgan fingerprint density at radius 3 is 2.52 bits per heavy atom. The lowest BCUT2D eigenvalue weighted by atomic mass is 9.69. The van der Waals surface area contributed by atoms with Gasteiger partial charge in [-0.05, 0) is 68.7 Å². The fourth-order valence-electron chi connectivity index (χ4n) is 4.60. The molecule has 1 heterocycles. The standard InChI is InChI=1S/C19H37NO/c1-6-20-17(12-15(2)13-18(3,4)5)16-8-11-21-19(14-16)9-7-10-19/h15-17,20H,6-14H2,1-5H3. The molecule has 2 fully saturated rings. The summed E-state index contributed by atoms with van der Waals surface area (Å²) < 4.78 is 6.12. The molecular formula is C19H37NO. The lowest BCUT2D eigenvalue weighted by Crippen LogP contribution is -2.50. The second kappa shape index (κ2) is 7.00. The molecule has 3 unspecified atom stereocenters. The summed E-state index contributed by atoms with van der Waals surface area (Å²) in [5.41, 5.74) is 0.727. The van der Waals surface area contributed by atoms with E-state index in [2.05, 4.69) is 39.9 Å². The molecule has 3 atom stereocenters. The molecule has 1 saturated carbocycles. The summed E-state index contributed by atoms with van der Waals surface area (Å²) in [6.07, 6.45) is 9.18. The van der Waals surface area contributed by atoms with Gasteiger partial charge in [0.25, 0.3) is 0 Å². The Kier molecular flexibility index (Phi) is 5.76. The summed E-state index contributed by atoms with van der Waals surface area (Å²) in [4.78, 5) is 0. The van der Waals surface area contributed by atoms with E-state index in [4.69, 9.17) is 4.74 Å². The Bertz CT molecular complexity index is 316. The summed E-state index contributed by atoms with van der Waals surface area (Å²) in [5.74, 6) is 1.62. The van der Waals surface area contributed by atoms with Crippen molar-refractivity contribution in [2.24, 2.45) is 17.3 Å². The molecule has 2 aliphatic rings. The van der Waals surface area contributed by atoms with Crippen molar-refractivity contribution in [3.8, 4) is 0 Å². The van der Waals surface area contributed by atoms with Crippen LogP contribution >= 0.6 is 0 Å². The smallest absolute Gasteiger partial charge is 0.0685 e. The Morgan fingerprint density at radius 1 is 1.29 bits per heavy atom. The van der Waals surface area contributed by atoms with Crippen LogP contribution in [0.3, 0.4) is 0 Å². The third kappa shape index (κ3) is 4.96. The molecule has 2 rings (SSSR count). The molecular weight excluding hydrogens is 258 g/mol. The summed E-state index contributed by atoms with van der Waals surface area (Å²) in [6, 6.07) is 0.689. The average Bonchev–Trinajstić information content (AvgIpc) is 2.34. The summed E-state index contributed by atoms with van der Waals surface area (Å²) in [5, 5.41) is 3.80. The van der Waals surface area contributed by atoms with Crippen molar-refractivity contribution in [3.63, 3.8) is 0 Å². The fourth-order valence-corrected chi connectivity index (χ4v) is 4.60. The van der Waals surface area contributed by atoms with Gasteiger partial charge < -0.3 is 10.1 Å². The van der Waals surface area contributed by atoms with E-state index >= 15 is 0 Å². The largest absolute Gasteiger partial charge is 0.375 e. The molecule has 1 saturated heterocycles. The molecule has 2 heteroatoms. The average molecular weight is 296 g/mol. The summed E-state index contributed by atoms with van der Waals surface area (Å²) >= 11 is 0. The minimum atomic E-state index is 0.282. The number of nitrogens with one attached hydrogen (secondary N) is 1. The lowest BCUT2D eigenvalue weighted by molar-refractivity contribution is -0.147. The minimum Gasteiger partial charge on any atom is -0.375 e. The number of hydrogen-bond acceptors (Lipinski definition) is 2. The maximum atomic E-state index is 6.12. The van der Waals surface area contributed by atoms with Crippen molar-refractivity contribution in [1.82, 2.24) is 5.32 Å². The third-order valence-corrected chi connectivity index (χ3v) is 5.45. The first-order valence-electron chi connectivity index (χ1n) is 9.21. The van der Waals surface area contributed by atoms with Crippen LogP contribution < -0.4 is 5.32 Å². The first kappa shape index (κ1) is 17.3. The van der Waals surface area contributed by atoms with Crippen LogP contribution in [0, 0.1) is 17.3 Å². The van der Waals surface area contributed by atoms with E-state index in [9.17, 15) is 0 Å². The molecule has 0 radical (unpaired) electrons. The second-order valence-corrected chi connectivity index (χ2v) is 8.91. The fraction of sp³-hybridized carbons (Fsp3) is 1.00. The van der Waals surface area contributed by atoms with Crippen LogP contribution in [0.25, 0.3) is 0 Å². The van der Waals surface area contributed by atoms with E-state index in [0.29, 0.717) is 11.5 Å². The zero-order valence-corrected chi connectivity index (χ0v) is 15.0. The van der Waals surface area contributed by atoms with Gasteiger partial charge >= 0.3 is 0 Å². The molecule has 0 aromatic rings. The highest BCUT2D eigenvalue weighted by atomic mass is 16.5. The Hall–Kier alpha value is -0.0800. The van der Waals surface area contributed by atoms with Gasteiger partial charge in [-0.25, -0.2) is 0 Å². The normalized spacial score (nSPS) is 28.1. The van der Waals surface area contributed by atoms with E-state index < -0.39 is 0 Å². The molecule has 0 aromatic heterocycles. The van der Waals surface area contributed by atoms with Crippen molar-refractivity contribution in [2.75, 3.05) is 13.2 Å². The van der Waals surface area contributed by atoms with Crippen molar-refractivity contribution >= 4 is 0 Å². The van der Waals surface area contributed by atoms with Crippen LogP contribution in [0.2, 0.25) is 0 Å². The van der Waals surface area contributed by atoms with Crippen LogP contribution in [0.5, 0.6) is 0 Å². The molecule has 0 bridgehead atoms. The van der Waals surface area contributed by atoms with Crippen LogP contribution in [0.1, 0.15) is 79.6 Å². The van der Waals surface area contributed by atoms with Gasteiger partial charge in [-0.3, -0.25) is 0 Å². The maximum Gasteiger partial charge on any atom is 0.0685 e. The topological polar surface area (TPSA) is 21.3 Å². The van der Waals surface area contributed by atoms with Crippen LogP contribution in [0.4, 0.5) is 0 Å². The van der Waals surface area contributed by atoms with Crippen molar-refractivity contribution in [1.29, 1.82) is 0 Å². The quantitative estimate of drug-likeness (QED) is 0.761. The van der Waals surface area contributed by atoms with E-state index in [1.165, 1.54) is 44.9 Å². The van der Waals surface area contributed by atoms with Gasteiger partial charge in [-0.1, -0.05) is 34.6 Å². The number of rotatable bonds is 6. The maximum absolute atomic E-state index is 6.12. The minimum absolute atomic E-state index is 0.282. The number of ether oxygens (including phenoxy) is 1. The van der Waals surface area contributed by atoms with E-state index in [1.54, 1.807) is 0 Å². The van der Waals surface area contributed by atoms with E-state index in [1.807, 2.05) is 0 Å². The molecule has 0 amide bonds. The highest BCUT2D eigenvalue weighted by molar-refractivity contribution is 4.96. The zero-order chi connectivity index (χ0) is 15.5. The highest BCUT2D eigenvalue weighted by Gasteiger charge is 2.44. The molecule has 0 aromatic carbocycles. The monoisotopic (exact) mass is 295 g/mol. The van der Waals surface area contributed by atoms with Crippen LogP contribution in [-0.2, 0) is 4.74 Å². The van der Waals surface area contributed by atoms with E-state index in [0.717, 1.165) is 25.0 Å². The van der Waals surface area contributed by atoms with Crippen LogP contribution in [-0.4, -0.2) is 24.8 Å². The van der Waals surface area contributed by atoms with Crippen LogP contribution in [0.15, 0.2) is 0 Å². The van der Waals surface area contributed by atoms with Gasteiger partial charge in [0.2, 0.25) is 0 Å². The van der Waals surface area contributed by atoms with Crippen molar-refractivity contribution < 1.29 is 4.74 Å². The molecule has 2 nitrogen and oxygen atoms in total. The summed E-state index contributed by atoms with van der Waals surface area (Å²) in [7, 11) is 0. The highest BCUT2D eigenvalue weighted by Crippen LogP contribution is 2.45. The third-order valence-electron chi connectivity index (χ3n) is 5.45. The number of hydrogen-bond donors (Lipinski definition) is 1. The SMILES string of the molecule is CCNC(CC(C)CC(C)(C)C)C1CCOC2(CCC2)C1. The first-order valence-corrected chi connectivity index (χ1v) is 9.21. The molecule has 1 spiro atoms. The summed E-state index contributed by atoms with van der Waals surface area (Å²) in [6.45, 7) is 13.9. The van der Waals surface area contributed by atoms with Gasteiger partial charge in [-0.2, -0.15) is 0 Å².